The highest BCUT2D eigenvalue weighted by molar-refractivity contribution is 5.89. The van der Waals surface area contributed by atoms with Gasteiger partial charge in [0, 0.05) is 5.92 Å². The number of rotatable bonds is 6. The molecule has 24 heavy (non-hydrogen) atoms. The standard InChI is InChI=1S/C20H32O4/c1-12(2)9-19(3,4)18(22)24-11-23-17-15-7-13-6-14(8-15)16(21)20(17,5)10-13/h12-15,17H,6-11H2,1-5H3/t13?,14?,15?,17?,20-/m0/s1. The number of ether oxygens (including phenoxy) is 2. The highest BCUT2D eigenvalue weighted by atomic mass is 16.7. The zero-order valence-electron chi connectivity index (χ0n) is 15.8. The van der Waals surface area contributed by atoms with E-state index < -0.39 is 5.41 Å². The van der Waals surface area contributed by atoms with Gasteiger partial charge >= 0.3 is 5.97 Å². The van der Waals surface area contributed by atoms with Crippen molar-refractivity contribution in [1.82, 2.24) is 0 Å². The quantitative estimate of drug-likeness (QED) is 0.544. The SMILES string of the molecule is CC(C)CC(C)(C)C(=O)OCOC1C2CC3CC(C2)C(=O)[C@]1(C)C3. The van der Waals surface area contributed by atoms with Gasteiger partial charge in [-0.2, -0.15) is 0 Å². The Morgan fingerprint density at radius 3 is 2.67 bits per heavy atom. The molecule has 0 saturated heterocycles. The number of Topliss-reactive ketones (excluding diaryl/α,β-unsaturated/α-hetero) is 1. The van der Waals surface area contributed by atoms with Gasteiger partial charge in [0.05, 0.1) is 16.9 Å². The van der Waals surface area contributed by atoms with Crippen molar-refractivity contribution in [2.75, 3.05) is 6.79 Å². The van der Waals surface area contributed by atoms with Gasteiger partial charge in [0.2, 0.25) is 0 Å². The van der Waals surface area contributed by atoms with Crippen molar-refractivity contribution in [3.8, 4) is 0 Å². The molecule has 0 aromatic heterocycles. The Kier molecular flexibility index (Phi) is 4.57. The minimum absolute atomic E-state index is 0.0280. The molecule has 0 aromatic rings. The number of carbonyl (C=O) groups excluding carboxylic acids is 2. The van der Waals surface area contributed by atoms with Crippen molar-refractivity contribution in [2.45, 2.75) is 72.8 Å². The third-order valence-electron chi connectivity index (χ3n) is 6.45. The molecule has 4 nitrogen and oxygen atoms in total. The molecular weight excluding hydrogens is 304 g/mol. The maximum absolute atomic E-state index is 12.7. The van der Waals surface area contributed by atoms with Crippen LogP contribution in [0.25, 0.3) is 0 Å². The monoisotopic (exact) mass is 336 g/mol. The fourth-order valence-electron chi connectivity index (χ4n) is 5.84. The fourth-order valence-corrected chi connectivity index (χ4v) is 5.84. The molecule has 136 valence electrons. The van der Waals surface area contributed by atoms with Gasteiger partial charge in [-0.05, 0) is 63.7 Å². The number of hydrogen-bond donors (Lipinski definition) is 0. The summed E-state index contributed by atoms with van der Waals surface area (Å²) in [5, 5.41) is 0. The fraction of sp³-hybridized carbons (Fsp3) is 0.900. The van der Waals surface area contributed by atoms with Crippen molar-refractivity contribution >= 4 is 11.8 Å². The van der Waals surface area contributed by atoms with Crippen molar-refractivity contribution in [3.63, 3.8) is 0 Å². The molecular formula is C20H32O4. The van der Waals surface area contributed by atoms with Gasteiger partial charge in [-0.1, -0.05) is 20.8 Å². The van der Waals surface area contributed by atoms with Gasteiger partial charge in [-0.3, -0.25) is 9.59 Å². The summed E-state index contributed by atoms with van der Waals surface area (Å²) in [6.45, 7) is 10.1. The number of esters is 1. The molecule has 0 aromatic carbocycles. The molecule has 0 spiro atoms. The molecule has 4 rings (SSSR count). The third kappa shape index (κ3) is 3.02. The lowest BCUT2D eigenvalue weighted by Crippen LogP contribution is -2.61. The number of carbonyl (C=O) groups is 2. The molecule has 4 heteroatoms. The number of ketones is 1. The van der Waals surface area contributed by atoms with Crippen molar-refractivity contribution in [2.24, 2.45) is 34.5 Å². The van der Waals surface area contributed by atoms with Gasteiger partial charge in [0.15, 0.2) is 6.79 Å². The van der Waals surface area contributed by atoms with E-state index in [0.717, 1.165) is 32.1 Å². The first-order valence-electron chi connectivity index (χ1n) is 9.46. The van der Waals surface area contributed by atoms with Crippen LogP contribution < -0.4 is 0 Å². The van der Waals surface area contributed by atoms with E-state index in [9.17, 15) is 9.59 Å². The van der Waals surface area contributed by atoms with Crippen LogP contribution in [0.1, 0.15) is 66.7 Å². The Balaban J connectivity index is 1.57. The summed E-state index contributed by atoms with van der Waals surface area (Å²) < 4.78 is 11.4. The molecule has 0 amide bonds. The summed E-state index contributed by atoms with van der Waals surface area (Å²) in [6, 6.07) is 0. The number of hydrogen-bond acceptors (Lipinski definition) is 4. The first-order valence-corrected chi connectivity index (χ1v) is 9.46. The van der Waals surface area contributed by atoms with Crippen molar-refractivity contribution in [3.05, 3.63) is 0 Å². The smallest absolute Gasteiger partial charge is 0.313 e. The highest BCUT2D eigenvalue weighted by Gasteiger charge is 2.60. The molecule has 4 aliphatic carbocycles. The lowest BCUT2D eigenvalue weighted by molar-refractivity contribution is -0.211. The Morgan fingerprint density at radius 1 is 1.29 bits per heavy atom. The average Bonchev–Trinajstić information content (AvgIpc) is 2.46. The second kappa shape index (κ2) is 6.12. The van der Waals surface area contributed by atoms with Crippen molar-refractivity contribution < 1.29 is 19.1 Å². The first kappa shape index (κ1) is 17.9. The van der Waals surface area contributed by atoms with Gasteiger partial charge in [0.25, 0.3) is 0 Å². The molecule has 0 N–H and O–H groups in total. The molecule has 4 fully saturated rings. The largest absolute Gasteiger partial charge is 0.438 e. The Bertz CT molecular complexity index is 524. The van der Waals surface area contributed by atoms with E-state index in [-0.39, 0.29) is 30.2 Å². The summed E-state index contributed by atoms with van der Waals surface area (Å²) in [5.74, 6) is 1.99. The second-order valence-electron chi connectivity index (χ2n) is 9.63. The zero-order valence-corrected chi connectivity index (χ0v) is 15.8. The topological polar surface area (TPSA) is 52.6 Å². The van der Waals surface area contributed by atoms with E-state index in [4.69, 9.17) is 9.47 Å². The molecule has 4 unspecified atom stereocenters. The minimum atomic E-state index is -0.499. The van der Waals surface area contributed by atoms with E-state index in [0.29, 0.717) is 23.5 Å². The van der Waals surface area contributed by atoms with E-state index >= 15 is 0 Å². The van der Waals surface area contributed by atoms with Crippen molar-refractivity contribution in [1.29, 1.82) is 0 Å². The molecule has 4 saturated carbocycles. The maximum atomic E-state index is 12.7. The Hall–Kier alpha value is -0.900. The average molecular weight is 336 g/mol. The molecule has 0 aliphatic heterocycles. The lowest BCUT2D eigenvalue weighted by atomic mass is 9.48. The van der Waals surface area contributed by atoms with Crippen LogP contribution >= 0.6 is 0 Å². The van der Waals surface area contributed by atoms with Crippen LogP contribution in [-0.4, -0.2) is 24.6 Å². The van der Waals surface area contributed by atoms with Gasteiger partial charge in [-0.25, -0.2) is 0 Å². The van der Waals surface area contributed by atoms with Crippen LogP contribution in [0.5, 0.6) is 0 Å². The lowest BCUT2D eigenvalue weighted by Gasteiger charge is -2.58. The van der Waals surface area contributed by atoms with E-state index in [1.807, 2.05) is 13.8 Å². The van der Waals surface area contributed by atoms with Crippen LogP contribution in [-0.2, 0) is 19.1 Å². The normalized spacial score (nSPS) is 38.0. The molecule has 0 heterocycles. The highest BCUT2D eigenvalue weighted by Crippen LogP contribution is 2.58. The summed E-state index contributed by atoms with van der Waals surface area (Å²) in [7, 11) is 0. The maximum Gasteiger partial charge on any atom is 0.313 e. The predicted octanol–water partition coefficient (Wildman–Crippen LogP) is 3.97. The van der Waals surface area contributed by atoms with Gasteiger partial charge < -0.3 is 9.47 Å². The molecule has 4 bridgehead atoms. The summed E-state index contributed by atoms with van der Waals surface area (Å²) in [4.78, 5) is 25.0. The molecule has 5 atom stereocenters. The third-order valence-corrected chi connectivity index (χ3v) is 6.45. The summed E-state index contributed by atoms with van der Waals surface area (Å²) in [6.07, 6.45) is 4.85. The zero-order chi connectivity index (χ0) is 17.7. The predicted molar refractivity (Wildman–Crippen MR) is 91.1 cm³/mol. The van der Waals surface area contributed by atoms with Gasteiger partial charge in [0.1, 0.15) is 5.78 Å². The van der Waals surface area contributed by atoms with Crippen LogP contribution in [0.15, 0.2) is 0 Å². The van der Waals surface area contributed by atoms with Crippen LogP contribution in [0.2, 0.25) is 0 Å². The summed E-state index contributed by atoms with van der Waals surface area (Å²) >= 11 is 0. The summed E-state index contributed by atoms with van der Waals surface area (Å²) in [5.41, 5.74) is -0.865. The Morgan fingerprint density at radius 2 is 2.00 bits per heavy atom. The van der Waals surface area contributed by atoms with Crippen LogP contribution in [0, 0.1) is 34.5 Å². The molecule has 0 radical (unpaired) electrons. The van der Waals surface area contributed by atoms with Gasteiger partial charge in [-0.15, -0.1) is 0 Å². The minimum Gasteiger partial charge on any atom is -0.438 e. The van der Waals surface area contributed by atoms with E-state index in [2.05, 4.69) is 20.8 Å². The van der Waals surface area contributed by atoms with Crippen LogP contribution in [0.3, 0.4) is 0 Å². The Labute approximate surface area is 145 Å². The van der Waals surface area contributed by atoms with Crippen LogP contribution in [0.4, 0.5) is 0 Å². The first-order chi connectivity index (χ1) is 11.1. The molecule has 4 aliphatic rings. The van der Waals surface area contributed by atoms with E-state index in [1.165, 1.54) is 0 Å². The van der Waals surface area contributed by atoms with E-state index in [1.54, 1.807) is 0 Å². The second-order valence-corrected chi connectivity index (χ2v) is 9.63.